The van der Waals surface area contributed by atoms with Gasteiger partial charge in [-0.3, -0.25) is 4.79 Å². The van der Waals surface area contributed by atoms with Crippen molar-refractivity contribution in [3.63, 3.8) is 0 Å². The fourth-order valence-electron chi connectivity index (χ4n) is 7.10. The number of hydrogen-bond donors (Lipinski definition) is 5. The number of rotatable bonds is 15. The van der Waals surface area contributed by atoms with Gasteiger partial charge in [-0.15, -0.1) is 0 Å². The highest BCUT2D eigenvalue weighted by Gasteiger charge is 2.40. The molecule has 0 aromatic heterocycles. The second-order valence-corrected chi connectivity index (χ2v) is 13.1. The molecule has 0 saturated carbocycles. The van der Waals surface area contributed by atoms with Crippen LogP contribution in [-0.4, -0.2) is 85.9 Å². The molecule has 13 heteroatoms. The Morgan fingerprint density at radius 3 is 2.09 bits per heavy atom. The van der Waals surface area contributed by atoms with Gasteiger partial charge in [-0.2, -0.15) is 0 Å². The van der Waals surface area contributed by atoms with Crippen LogP contribution in [0.5, 0.6) is 46.0 Å². The highest BCUT2D eigenvalue weighted by molar-refractivity contribution is 5.75. The van der Waals surface area contributed by atoms with E-state index in [2.05, 4.69) is 0 Å². The second kappa shape index (κ2) is 16.1. The Kier molecular flexibility index (Phi) is 11.4. The first kappa shape index (κ1) is 37.4. The average molecular weight is 733 g/mol. The van der Waals surface area contributed by atoms with Gasteiger partial charge < -0.3 is 58.7 Å². The van der Waals surface area contributed by atoms with E-state index >= 15 is 0 Å². The number of aliphatic hydroxyl groups is 3. The van der Waals surface area contributed by atoms with E-state index in [4.69, 9.17) is 33.2 Å². The Morgan fingerprint density at radius 2 is 1.42 bits per heavy atom. The molecule has 4 aromatic carbocycles. The van der Waals surface area contributed by atoms with Crippen molar-refractivity contribution >= 4 is 5.97 Å². The van der Waals surface area contributed by atoms with Crippen molar-refractivity contribution in [1.29, 1.82) is 0 Å². The number of benzene rings is 4. The van der Waals surface area contributed by atoms with E-state index in [0.717, 1.165) is 16.7 Å². The van der Waals surface area contributed by atoms with Crippen LogP contribution < -0.4 is 28.4 Å². The first-order valence-corrected chi connectivity index (χ1v) is 17.1. The fraction of sp³-hybridized carbons (Fsp3) is 0.375. The predicted molar refractivity (Wildman–Crippen MR) is 190 cm³/mol. The topological polar surface area (TPSA) is 183 Å². The van der Waals surface area contributed by atoms with Crippen molar-refractivity contribution in [3.8, 4) is 46.0 Å². The molecule has 1 saturated heterocycles. The molecule has 0 spiro atoms. The Hall–Kier alpha value is -5.37. The number of hydrogen-bond acceptors (Lipinski definition) is 13. The van der Waals surface area contributed by atoms with Gasteiger partial charge in [-0.25, -0.2) is 0 Å². The molecular weight excluding hydrogens is 688 g/mol. The van der Waals surface area contributed by atoms with Crippen molar-refractivity contribution in [3.05, 3.63) is 94.5 Å². The number of esters is 1. The summed E-state index contributed by atoms with van der Waals surface area (Å²) in [5, 5.41) is 51.6. The van der Waals surface area contributed by atoms with Gasteiger partial charge in [0.15, 0.2) is 52.1 Å². The molecule has 13 nitrogen and oxygen atoms in total. The van der Waals surface area contributed by atoms with Crippen LogP contribution in [0.4, 0.5) is 0 Å². The normalized spacial score (nSPS) is 20.2. The molecule has 0 aliphatic carbocycles. The van der Waals surface area contributed by atoms with Crippen LogP contribution in [0.3, 0.4) is 0 Å². The van der Waals surface area contributed by atoms with Gasteiger partial charge in [0.05, 0.1) is 60.1 Å². The lowest BCUT2D eigenvalue weighted by Crippen LogP contribution is -2.29. The summed E-state index contributed by atoms with van der Waals surface area (Å²) in [4.78, 5) is 13.1. The Morgan fingerprint density at radius 1 is 0.736 bits per heavy atom. The zero-order valence-corrected chi connectivity index (χ0v) is 29.9. The molecule has 6 rings (SSSR count). The van der Waals surface area contributed by atoms with E-state index in [0.29, 0.717) is 47.0 Å². The first-order valence-electron chi connectivity index (χ1n) is 17.1. The maximum Gasteiger partial charge on any atom is 0.309 e. The third-order valence-corrected chi connectivity index (χ3v) is 9.95. The van der Waals surface area contributed by atoms with E-state index in [-0.39, 0.29) is 48.1 Å². The van der Waals surface area contributed by atoms with Crippen LogP contribution >= 0.6 is 0 Å². The lowest BCUT2D eigenvalue weighted by Gasteiger charge is -2.24. The standard InChI is InChI=1S/C40H44O13/c1-47-32-16-23(6-8-29(32)43)37(45)36(19-42)52-31-10-5-21(14-34(31)49-3)11-25-20-51-40(46)26(25)12-22-13-27-28(18-41)38(53-39(27)35(15-22)50-4)24-7-9-30(44)33(17-24)48-2/h5-10,13-17,25-26,28,36-38,41-45H,11-12,18-20H2,1-4H3. The maximum absolute atomic E-state index is 13.1. The Balaban J connectivity index is 1.19. The minimum atomic E-state index is -1.25. The smallest absolute Gasteiger partial charge is 0.309 e. The van der Waals surface area contributed by atoms with Crippen molar-refractivity contribution in [2.24, 2.45) is 11.8 Å². The van der Waals surface area contributed by atoms with Crippen LogP contribution in [0.25, 0.3) is 0 Å². The molecule has 1 fully saturated rings. The SMILES string of the molecule is COc1cc(C(O)C(CO)Oc2ccc(CC3COC(=O)C3Cc3cc(OC)c4c(c3)C(CO)C(c3ccc(O)c(OC)c3)O4)cc2OC)ccc1O. The van der Waals surface area contributed by atoms with Crippen LogP contribution in [-0.2, 0) is 22.4 Å². The summed E-state index contributed by atoms with van der Waals surface area (Å²) in [7, 11) is 5.88. The fourth-order valence-corrected chi connectivity index (χ4v) is 7.10. The molecule has 0 radical (unpaired) electrons. The summed E-state index contributed by atoms with van der Waals surface area (Å²) in [6.07, 6.45) is -2.03. The predicted octanol–water partition coefficient (Wildman–Crippen LogP) is 4.39. The number of aliphatic hydroxyl groups excluding tert-OH is 3. The largest absolute Gasteiger partial charge is 0.504 e. The molecule has 0 amide bonds. The van der Waals surface area contributed by atoms with E-state index < -0.39 is 36.8 Å². The van der Waals surface area contributed by atoms with E-state index in [1.54, 1.807) is 24.3 Å². The first-order chi connectivity index (χ1) is 25.6. The number of methoxy groups -OCH3 is 4. The molecule has 2 aliphatic heterocycles. The molecule has 2 aliphatic rings. The summed E-state index contributed by atoms with van der Waals surface area (Å²) in [5.41, 5.74) is 3.52. The number of phenols is 2. The lowest BCUT2D eigenvalue weighted by atomic mass is 9.83. The van der Waals surface area contributed by atoms with Crippen LogP contribution in [0.15, 0.2) is 66.7 Å². The van der Waals surface area contributed by atoms with E-state index in [1.165, 1.54) is 52.7 Å². The van der Waals surface area contributed by atoms with Gasteiger partial charge in [0, 0.05) is 11.5 Å². The molecule has 0 bridgehead atoms. The molecule has 5 N–H and O–H groups in total. The third kappa shape index (κ3) is 7.59. The van der Waals surface area contributed by atoms with Crippen molar-refractivity contribution in [2.75, 3.05) is 48.3 Å². The molecule has 2 heterocycles. The van der Waals surface area contributed by atoms with E-state index in [9.17, 15) is 30.3 Å². The molecule has 6 unspecified atom stereocenters. The summed E-state index contributed by atoms with van der Waals surface area (Å²) < 4.78 is 39.7. The summed E-state index contributed by atoms with van der Waals surface area (Å²) in [5.74, 6) is 0.629. The minimum absolute atomic E-state index is 0.00767. The molecule has 6 atom stereocenters. The molecule has 4 aromatic rings. The van der Waals surface area contributed by atoms with E-state index in [1.807, 2.05) is 18.2 Å². The number of phenolic OH excluding ortho intramolecular Hbond substituents is 2. The van der Waals surface area contributed by atoms with Crippen LogP contribution in [0.2, 0.25) is 0 Å². The third-order valence-electron chi connectivity index (χ3n) is 9.95. The second-order valence-electron chi connectivity index (χ2n) is 13.1. The van der Waals surface area contributed by atoms with Crippen LogP contribution in [0.1, 0.15) is 45.9 Å². The van der Waals surface area contributed by atoms with Gasteiger partial charge in [-0.1, -0.05) is 24.3 Å². The van der Waals surface area contributed by atoms with Crippen molar-refractivity contribution in [1.82, 2.24) is 0 Å². The zero-order chi connectivity index (χ0) is 37.8. The van der Waals surface area contributed by atoms with Gasteiger partial charge in [0.2, 0.25) is 0 Å². The highest BCUT2D eigenvalue weighted by Crippen LogP contribution is 2.52. The summed E-state index contributed by atoms with van der Waals surface area (Å²) in [6.45, 7) is -0.496. The highest BCUT2D eigenvalue weighted by atomic mass is 16.5. The van der Waals surface area contributed by atoms with Crippen molar-refractivity contribution in [2.45, 2.75) is 37.1 Å². The monoisotopic (exact) mass is 732 g/mol. The number of fused-ring (bicyclic) bond motifs is 1. The van der Waals surface area contributed by atoms with Crippen molar-refractivity contribution < 1.29 is 63.5 Å². The van der Waals surface area contributed by atoms with Gasteiger partial charge in [-0.05, 0) is 77.6 Å². The quantitative estimate of drug-likeness (QED) is 0.109. The summed E-state index contributed by atoms with van der Waals surface area (Å²) in [6, 6.07) is 18.4. The van der Waals surface area contributed by atoms with Gasteiger partial charge in [0.25, 0.3) is 0 Å². The number of carbonyl (C=O) groups excluding carboxylic acids is 1. The van der Waals surface area contributed by atoms with Gasteiger partial charge in [0.1, 0.15) is 12.2 Å². The molecule has 53 heavy (non-hydrogen) atoms. The Bertz CT molecular complexity index is 1930. The Labute approximate surface area is 306 Å². The zero-order valence-electron chi connectivity index (χ0n) is 29.9. The number of aromatic hydroxyl groups is 2. The summed E-state index contributed by atoms with van der Waals surface area (Å²) >= 11 is 0. The van der Waals surface area contributed by atoms with Gasteiger partial charge >= 0.3 is 5.97 Å². The number of ether oxygens (including phenoxy) is 7. The lowest BCUT2D eigenvalue weighted by molar-refractivity contribution is -0.141. The number of cyclic esters (lactones) is 1. The average Bonchev–Trinajstić information content (AvgIpc) is 3.72. The molecular formula is C40H44O13. The molecule has 282 valence electrons. The van der Waals surface area contributed by atoms with Crippen LogP contribution in [0, 0.1) is 11.8 Å². The number of carbonyl (C=O) groups is 1. The maximum atomic E-state index is 13.1. The minimum Gasteiger partial charge on any atom is -0.504 e.